The van der Waals surface area contributed by atoms with Crippen molar-refractivity contribution in [3.63, 3.8) is 0 Å². The standard InChI is InChI=1S/C19H26N4O2/c1-4-15-14(17(5-2)23(3)22-15)12-20-19(24)21-16-10-11-25-18-9-7-6-8-13(16)18/h6-9,16H,4-5,10-12H2,1-3H3,(H2,20,21,24)/t16-/m0/s1. The third-order valence-corrected chi connectivity index (χ3v) is 4.72. The van der Waals surface area contributed by atoms with Crippen LogP contribution in [0.3, 0.4) is 0 Å². The Morgan fingerprint density at radius 1 is 1.32 bits per heavy atom. The zero-order valence-electron chi connectivity index (χ0n) is 15.1. The Balaban J connectivity index is 1.65. The number of hydrogen-bond donors (Lipinski definition) is 2. The molecular formula is C19H26N4O2. The second-order valence-electron chi connectivity index (χ2n) is 6.26. The molecule has 0 bridgehead atoms. The molecule has 2 aromatic rings. The van der Waals surface area contributed by atoms with E-state index in [9.17, 15) is 4.79 Å². The van der Waals surface area contributed by atoms with Crippen LogP contribution in [0.1, 0.15) is 48.8 Å². The Kier molecular flexibility index (Phi) is 5.26. The van der Waals surface area contributed by atoms with E-state index in [1.54, 1.807) is 0 Å². The van der Waals surface area contributed by atoms with Crippen LogP contribution in [0, 0.1) is 0 Å². The number of aryl methyl sites for hydroxylation is 2. The summed E-state index contributed by atoms with van der Waals surface area (Å²) in [6.45, 7) is 5.31. The molecule has 1 aliphatic rings. The van der Waals surface area contributed by atoms with Gasteiger partial charge in [-0.2, -0.15) is 5.10 Å². The molecule has 6 nitrogen and oxygen atoms in total. The number of amides is 2. The van der Waals surface area contributed by atoms with Crippen molar-refractivity contribution < 1.29 is 9.53 Å². The summed E-state index contributed by atoms with van der Waals surface area (Å²) in [4.78, 5) is 12.4. The monoisotopic (exact) mass is 342 g/mol. The molecule has 0 saturated carbocycles. The maximum absolute atomic E-state index is 12.4. The van der Waals surface area contributed by atoms with Gasteiger partial charge in [-0.1, -0.05) is 32.0 Å². The Bertz CT molecular complexity index is 754. The van der Waals surface area contributed by atoms with Crippen molar-refractivity contribution in [1.29, 1.82) is 0 Å². The van der Waals surface area contributed by atoms with Gasteiger partial charge in [0.15, 0.2) is 0 Å². The predicted octanol–water partition coefficient (Wildman–Crippen LogP) is 2.87. The first-order valence-electron chi connectivity index (χ1n) is 8.93. The largest absolute Gasteiger partial charge is 0.493 e. The molecular weight excluding hydrogens is 316 g/mol. The topological polar surface area (TPSA) is 68.2 Å². The van der Waals surface area contributed by atoms with Gasteiger partial charge in [0, 0.05) is 36.8 Å². The van der Waals surface area contributed by atoms with Gasteiger partial charge in [-0.25, -0.2) is 4.79 Å². The minimum Gasteiger partial charge on any atom is -0.493 e. The summed E-state index contributed by atoms with van der Waals surface area (Å²) in [7, 11) is 1.96. The van der Waals surface area contributed by atoms with Crippen LogP contribution in [0.15, 0.2) is 24.3 Å². The Labute approximate surface area is 148 Å². The number of carbonyl (C=O) groups excluding carboxylic acids is 1. The number of rotatable bonds is 5. The van der Waals surface area contributed by atoms with E-state index in [4.69, 9.17) is 4.74 Å². The van der Waals surface area contributed by atoms with Gasteiger partial charge in [0.25, 0.3) is 0 Å². The van der Waals surface area contributed by atoms with E-state index >= 15 is 0 Å². The molecule has 2 amide bonds. The number of benzene rings is 1. The van der Waals surface area contributed by atoms with E-state index in [0.29, 0.717) is 13.2 Å². The summed E-state index contributed by atoms with van der Waals surface area (Å²) in [6, 6.07) is 7.69. The Morgan fingerprint density at radius 2 is 2.12 bits per heavy atom. The first-order valence-corrected chi connectivity index (χ1v) is 8.93. The van der Waals surface area contributed by atoms with Gasteiger partial charge in [-0.3, -0.25) is 4.68 Å². The number of aromatic nitrogens is 2. The number of hydrogen-bond acceptors (Lipinski definition) is 3. The number of urea groups is 1. The lowest BCUT2D eigenvalue weighted by Gasteiger charge is -2.26. The SMILES string of the molecule is CCc1nn(C)c(CC)c1CNC(=O)N[C@H]1CCOc2ccccc21. The van der Waals surface area contributed by atoms with Gasteiger partial charge in [0.2, 0.25) is 0 Å². The molecule has 1 atom stereocenters. The fourth-order valence-corrected chi connectivity index (χ4v) is 3.46. The molecule has 3 rings (SSSR count). The molecule has 0 fully saturated rings. The summed E-state index contributed by atoms with van der Waals surface area (Å²) in [5.74, 6) is 0.854. The molecule has 2 heterocycles. The van der Waals surface area contributed by atoms with Crippen LogP contribution in [-0.4, -0.2) is 22.4 Å². The van der Waals surface area contributed by atoms with E-state index < -0.39 is 0 Å². The Morgan fingerprint density at radius 3 is 2.88 bits per heavy atom. The average Bonchev–Trinajstić information content (AvgIpc) is 2.95. The molecule has 0 radical (unpaired) electrons. The first-order chi connectivity index (χ1) is 12.1. The smallest absolute Gasteiger partial charge is 0.315 e. The van der Waals surface area contributed by atoms with Gasteiger partial charge in [-0.05, 0) is 18.9 Å². The molecule has 0 saturated heterocycles. The number of nitrogens with zero attached hydrogens (tertiary/aromatic N) is 2. The summed E-state index contributed by atoms with van der Waals surface area (Å²) in [5.41, 5.74) is 4.40. The molecule has 0 unspecified atom stereocenters. The number of carbonyl (C=O) groups is 1. The minimum atomic E-state index is -0.158. The quantitative estimate of drug-likeness (QED) is 0.878. The number of fused-ring (bicyclic) bond motifs is 1. The van der Waals surface area contributed by atoms with Crippen molar-refractivity contribution in [3.05, 3.63) is 46.8 Å². The second-order valence-corrected chi connectivity index (χ2v) is 6.26. The molecule has 0 spiro atoms. The second kappa shape index (κ2) is 7.59. The summed E-state index contributed by atoms with van der Waals surface area (Å²) in [5, 5.41) is 10.6. The van der Waals surface area contributed by atoms with E-state index in [-0.39, 0.29) is 12.1 Å². The third-order valence-electron chi connectivity index (χ3n) is 4.72. The van der Waals surface area contributed by atoms with Crippen LogP contribution in [0.2, 0.25) is 0 Å². The molecule has 134 valence electrons. The number of ether oxygens (including phenoxy) is 1. The zero-order chi connectivity index (χ0) is 17.8. The molecule has 1 aromatic heterocycles. The van der Waals surface area contributed by atoms with E-state index in [1.807, 2.05) is 36.0 Å². The zero-order valence-corrected chi connectivity index (χ0v) is 15.1. The van der Waals surface area contributed by atoms with Crippen molar-refractivity contribution in [1.82, 2.24) is 20.4 Å². The highest BCUT2D eigenvalue weighted by molar-refractivity contribution is 5.74. The van der Waals surface area contributed by atoms with Gasteiger partial charge in [-0.15, -0.1) is 0 Å². The molecule has 6 heteroatoms. The van der Waals surface area contributed by atoms with Crippen LogP contribution in [0.5, 0.6) is 5.75 Å². The van der Waals surface area contributed by atoms with Crippen LogP contribution in [0.25, 0.3) is 0 Å². The van der Waals surface area contributed by atoms with Crippen LogP contribution in [-0.2, 0) is 26.4 Å². The van der Waals surface area contributed by atoms with E-state index in [1.165, 1.54) is 5.69 Å². The van der Waals surface area contributed by atoms with E-state index in [2.05, 4.69) is 29.6 Å². The van der Waals surface area contributed by atoms with Crippen molar-refractivity contribution in [2.75, 3.05) is 6.61 Å². The lowest BCUT2D eigenvalue weighted by molar-refractivity contribution is 0.223. The highest BCUT2D eigenvalue weighted by atomic mass is 16.5. The third kappa shape index (κ3) is 3.62. The van der Waals surface area contributed by atoms with Gasteiger partial charge >= 0.3 is 6.03 Å². The maximum Gasteiger partial charge on any atom is 0.315 e. The highest BCUT2D eigenvalue weighted by Gasteiger charge is 2.23. The van der Waals surface area contributed by atoms with Gasteiger partial charge in [0.05, 0.1) is 18.3 Å². The van der Waals surface area contributed by atoms with E-state index in [0.717, 1.165) is 41.8 Å². The highest BCUT2D eigenvalue weighted by Crippen LogP contribution is 2.31. The summed E-state index contributed by atoms with van der Waals surface area (Å²) < 4.78 is 7.56. The lowest BCUT2D eigenvalue weighted by Crippen LogP contribution is -2.39. The molecule has 25 heavy (non-hydrogen) atoms. The number of nitrogens with one attached hydrogen (secondary N) is 2. The molecule has 1 aliphatic heterocycles. The first kappa shape index (κ1) is 17.3. The fraction of sp³-hybridized carbons (Fsp3) is 0.474. The van der Waals surface area contributed by atoms with Gasteiger partial charge in [0.1, 0.15) is 5.75 Å². The Hall–Kier alpha value is -2.50. The molecule has 0 aliphatic carbocycles. The minimum absolute atomic E-state index is 0.0184. The van der Waals surface area contributed by atoms with Crippen LogP contribution in [0.4, 0.5) is 4.79 Å². The van der Waals surface area contributed by atoms with Crippen molar-refractivity contribution in [3.8, 4) is 5.75 Å². The van der Waals surface area contributed by atoms with Crippen molar-refractivity contribution in [2.24, 2.45) is 7.05 Å². The van der Waals surface area contributed by atoms with Crippen molar-refractivity contribution >= 4 is 6.03 Å². The molecule has 1 aromatic carbocycles. The summed E-state index contributed by atoms with van der Waals surface area (Å²) >= 11 is 0. The predicted molar refractivity (Wildman–Crippen MR) is 96.6 cm³/mol. The molecule has 2 N–H and O–H groups in total. The number of para-hydroxylation sites is 1. The van der Waals surface area contributed by atoms with Crippen LogP contribution >= 0.6 is 0 Å². The maximum atomic E-state index is 12.4. The normalized spacial score (nSPS) is 16.0. The lowest BCUT2D eigenvalue weighted by atomic mass is 10.0. The van der Waals surface area contributed by atoms with Crippen LogP contribution < -0.4 is 15.4 Å². The van der Waals surface area contributed by atoms with Gasteiger partial charge < -0.3 is 15.4 Å². The average molecular weight is 342 g/mol. The van der Waals surface area contributed by atoms with Crippen molar-refractivity contribution in [2.45, 2.75) is 45.7 Å². The fourth-order valence-electron chi connectivity index (χ4n) is 3.46. The summed E-state index contributed by atoms with van der Waals surface area (Å²) in [6.07, 6.45) is 2.53.